The van der Waals surface area contributed by atoms with E-state index >= 15 is 0 Å². The Balaban J connectivity index is 3.02. The number of hydrogen-bond donors (Lipinski definition) is 2. The van der Waals surface area contributed by atoms with E-state index in [0.717, 1.165) is 44.7 Å². The Morgan fingerprint density at radius 2 is 1.93 bits per heavy atom. The van der Waals surface area contributed by atoms with E-state index in [-0.39, 0.29) is 0 Å². The molecule has 6 heteroatoms. The van der Waals surface area contributed by atoms with Crippen molar-refractivity contribution >= 4 is 19.2 Å². The molecule has 1 unspecified atom stereocenters. The van der Waals surface area contributed by atoms with Gasteiger partial charge < -0.3 is 14.7 Å². The van der Waals surface area contributed by atoms with Crippen molar-refractivity contribution in [3.8, 4) is 0 Å². The van der Waals surface area contributed by atoms with Gasteiger partial charge in [0.05, 0.1) is 6.61 Å². The summed E-state index contributed by atoms with van der Waals surface area (Å²) in [5, 5.41) is 3.24. The molecular weight excluding hydrogens is 237 g/mol. The van der Waals surface area contributed by atoms with Crippen LogP contribution in [0, 0.1) is 0 Å². The summed E-state index contributed by atoms with van der Waals surface area (Å²) in [5.41, 5.74) is 0. The van der Waals surface area contributed by atoms with E-state index in [1.165, 1.54) is 6.66 Å². The summed E-state index contributed by atoms with van der Waals surface area (Å²) in [6.07, 6.45) is 4.09. The fourth-order valence-electron chi connectivity index (χ4n) is 1.08. The van der Waals surface area contributed by atoms with E-state index in [9.17, 15) is 4.57 Å². The molecule has 0 bridgehead atoms. The van der Waals surface area contributed by atoms with Crippen molar-refractivity contribution in [2.45, 2.75) is 25.7 Å². The van der Waals surface area contributed by atoms with Crippen molar-refractivity contribution in [3.05, 3.63) is 0 Å². The summed E-state index contributed by atoms with van der Waals surface area (Å²) in [5.74, 6) is 0.732. The Bertz CT molecular complexity index is 186. The fourth-order valence-corrected chi connectivity index (χ4v) is 1.73. The second-order valence-electron chi connectivity index (χ2n) is 3.49. The number of nitrogens with one attached hydrogen (secondary N) is 1. The van der Waals surface area contributed by atoms with Gasteiger partial charge in [-0.3, -0.25) is 4.57 Å². The maximum absolute atomic E-state index is 10.7. The summed E-state index contributed by atoms with van der Waals surface area (Å²) < 4.78 is 15.5. The van der Waals surface area contributed by atoms with Crippen molar-refractivity contribution in [2.75, 3.05) is 32.2 Å². The maximum Gasteiger partial charge on any atom is 0.325 e. The van der Waals surface area contributed by atoms with Crippen LogP contribution in [0.5, 0.6) is 0 Å². The Hall–Kier alpha value is 0.400. The van der Waals surface area contributed by atoms with Crippen LogP contribution in [-0.4, -0.2) is 37.1 Å². The van der Waals surface area contributed by atoms with Gasteiger partial charge in [0.1, 0.15) is 0 Å². The van der Waals surface area contributed by atoms with Gasteiger partial charge in [-0.25, -0.2) is 0 Å². The van der Waals surface area contributed by atoms with Crippen molar-refractivity contribution in [1.82, 2.24) is 5.32 Å². The lowest BCUT2D eigenvalue weighted by Gasteiger charge is -2.07. The molecule has 0 rings (SSSR count). The molecule has 1 atom stereocenters. The first-order valence-corrected chi connectivity index (χ1v) is 7.83. The van der Waals surface area contributed by atoms with Crippen LogP contribution in [0.3, 0.4) is 0 Å². The molecule has 0 aromatic carbocycles. The Morgan fingerprint density at radius 3 is 2.53 bits per heavy atom. The Labute approximate surface area is 96.9 Å². The van der Waals surface area contributed by atoms with Gasteiger partial charge in [-0.15, -0.1) is 11.6 Å². The number of hydrogen-bond acceptors (Lipinski definition) is 3. The van der Waals surface area contributed by atoms with Gasteiger partial charge in [-0.1, -0.05) is 6.42 Å². The molecule has 0 aliphatic heterocycles. The molecule has 0 amide bonds. The normalized spacial score (nSPS) is 15.1. The molecule has 0 radical (unpaired) electrons. The Morgan fingerprint density at radius 1 is 1.27 bits per heavy atom. The van der Waals surface area contributed by atoms with Crippen molar-refractivity contribution in [2.24, 2.45) is 0 Å². The largest absolute Gasteiger partial charge is 0.325 e. The zero-order valence-corrected chi connectivity index (χ0v) is 10.9. The summed E-state index contributed by atoms with van der Waals surface area (Å²) in [7, 11) is -3.28. The van der Waals surface area contributed by atoms with Crippen molar-refractivity contribution < 1.29 is 14.0 Å². The highest BCUT2D eigenvalue weighted by molar-refractivity contribution is 7.51. The molecule has 0 saturated heterocycles. The zero-order valence-electron chi connectivity index (χ0n) is 9.25. The highest BCUT2D eigenvalue weighted by atomic mass is 35.5. The number of rotatable bonds is 10. The van der Waals surface area contributed by atoms with Crippen LogP contribution in [-0.2, 0) is 9.09 Å². The summed E-state index contributed by atoms with van der Waals surface area (Å²) >= 11 is 5.54. The van der Waals surface area contributed by atoms with E-state index in [1.807, 2.05) is 0 Å². The van der Waals surface area contributed by atoms with Crippen LogP contribution in [0.1, 0.15) is 25.7 Å². The minimum Gasteiger partial charge on any atom is -0.324 e. The third kappa shape index (κ3) is 14.4. The third-order valence-corrected chi connectivity index (χ3v) is 2.74. The molecule has 92 valence electrons. The summed E-state index contributed by atoms with van der Waals surface area (Å²) in [6.45, 7) is 3.33. The highest BCUT2D eigenvalue weighted by Crippen LogP contribution is 2.36. The average Bonchev–Trinajstić information content (AvgIpc) is 2.14. The van der Waals surface area contributed by atoms with Crippen LogP contribution < -0.4 is 5.32 Å². The number of halogens is 1. The molecule has 0 fully saturated rings. The summed E-state index contributed by atoms with van der Waals surface area (Å²) in [4.78, 5) is 8.82. The predicted molar refractivity (Wildman–Crippen MR) is 63.8 cm³/mol. The minimum absolute atomic E-state index is 0.332. The molecule has 4 nitrogen and oxygen atoms in total. The fraction of sp³-hybridized carbons (Fsp3) is 1.00. The van der Waals surface area contributed by atoms with Crippen LogP contribution in [0.25, 0.3) is 0 Å². The second-order valence-corrected chi connectivity index (χ2v) is 5.73. The van der Waals surface area contributed by atoms with Gasteiger partial charge in [0, 0.05) is 12.5 Å². The quantitative estimate of drug-likeness (QED) is 0.358. The predicted octanol–water partition coefficient (Wildman–Crippen LogP) is 2.21. The second kappa shape index (κ2) is 9.61. The van der Waals surface area contributed by atoms with Crippen LogP contribution in [0.15, 0.2) is 0 Å². The van der Waals surface area contributed by atoms with Gasteiger partial charge in [-0.05, 0) is 32.4 Å². The number of alkyl halides is 1. The van der Waals surface area contributed by atoms with Gasteiger partial charge in [0.25, 0.3) is 0 Å². The lowest BCUT2D eigenvalue weighted by Crippen LogP contribution is -2.17. The first-order valence-electron chi connectivity index (χ1n) is 5.28. The zero-order chi connectivity index (χ0) is 11.6. The number of unbranched alkanes of at least 4 members (excludes halogenated alkanes) is 2. The van der Waals surface area contributed by atoms with Gasteiger partial charge in [-0.2, -0.15) is 0 Å². The van der Waals surface area contributed by atoms with E-state index in [0.29, 0.717) is 6.61 Å². The lowest BCUT2D eigenvalue weighted by molar-refractivity contribution is 0.260. The average molecular weight is 258 g/mol. The third-order valence-electron chi connectivity index (χ3n) is 1.82. The SMILES string of the molecule is CP(=O)(O)OCCCNCCCCCCl. The van der Waals surface area contributed by atoms with E-state index < -0.39 is 7.60 Å². The van der Waals surface area contributed by atoms with Gasteiger partial charge in [0.15, 0.2) is 0 Å². The standard InChI is InChI=1S/C9H21ClNO3P/c1-15(12,13)14-9-5-8-11-7-4-2-3-6-10/h11H,2-9H2,1H3,(H,12,13). The monoisotopic (exact) mass is 257 g/mol. The van der Waals surface area contributed by atoms with Gasteiger partial charge >= 0.3 is 7.60 Å². The molecule has 0 aliphatic carbocycles. The van der Waals surface area contributed by atoms with Gasteiger partial charge in [0.2, 0.25) is 0 Å². The topological polar surface area (TPSA) is 58.6 Å². The van der Waals surface area contributed by atoms with E-state index in [2.05, 4.69) is 5.32 Å². The Kier molecular flexibility index (Phi) is 9.87. The highest BCUT2D eigenvalue weighted by Gasteiger charge is 2.08. The van der Waals surface area contributed by atoms with Crippen molar-refractivity contribution in [1.29, 1.82) is 0 Å². The molecule has 0 saturated carbocycles. The molecule has 0 aromatic heterocycles. The molecule has 15 heavy (non-hydrogen) atoms. The molecule has 0 aromatic rings. The van der Waals surface area contributed by atoms with E-state index in [4.69, 9.17) is 21.0 Å². The maximum atomic E-state index is 10.7. The molecule has 0 spiro atoms. The summed E-state index contributed by atoms with van der Waals surface area (Å²) in [6, 6.07) is 0. The first kappa shape index (κ1) is 15.4. The lowest BCUT2D eigenvalue weighted by atomic mass is 10.2. The van der Waals surface area contributed by atoms with Crippen LogP contribution in [0.2, 0.25) is 0 Å². The van der Waals surface area contributed by atoms with Crippen LogP contribution >= 0.6 is 19.2 Å². The molecule has 0 aliphatic rings. The van der Waals surface area contributed by atoms with Crippen LogP contribution in [0.4, 0.5) is 0 Å². The molecular formula is C9H21ClNO3P. The molecule has 2 N–H and O–H groups in total. The smallest absolute Gasteiger partial charge is 0.324 e. The van der Waals surface area contributed by atoms with Crippen molar-refractivity contribution in [3.63, 3.8) is 0 Å². The van der Waals surface area contributed by atoms with E-state index in [1.54, 1.807) is 0 Å². The first-order chi connectivity index (χ1) is 7.06. The minimum atomic E-state index is -3.28. The molecule has 0 heterocycles.